The van der Waals surface area contributed by atoms with E-state index in [4.69, 9.17) is 9.84 Å². The number of pyridine rings is 1. The molecule has 0 aliphatic heterocycles. The van der Waals surface area contributed by atoms with Gasteiger partial charge < -0.3 is 19.9 Å². The number of aryl methyl sites for hydroxylation is 1. The minimum Gasteiger partial charge on any atom is -0.461 e. The summed E-state index contributed by atoms with van der Waals surface area (Å²) < 4.78 is 8.90. The quantitative estimate of drug-likeness (QED) is 0.194. The fraction of sp³-hybridized carbons (Fsp3) is 0.361. The number of carbonyl (C=O) groups is 3. The second-order valence-electron chi connectivity index (χ2n) is 12.5. The number of anilines is 1. The highest BCUT2D eigenvalue weighted by Gasteiger charge is 2.45. The summed E-state index contributed by atoms with van der Waals surface area (Å²) in [5.41, 5.74) is 3.23. The first-order valence-electron chi connectivity index (χ1n) is 16.2. The topological polar surface area (TPSA) is 120 Å². The smallest absolute Gasteiger partial charge is 0.354 e. The highest BCUT2D eigenvalue weighted by Crippen LogP contribution is 2.38. The van der Waals surface area contributed by atoms with Gasteiger partial charge in [0.1, 0.15) is 11.2 Å². The summed E-state index contributed by atoms with van der Waals surface area (Å²) in [5.74, 6) is 0.194. The van der Waals surface area contributed by atoms with E-state index >= 15 is 0 Å². The molecule has 7 rings (SSSR count). The Balaban J connectivity index is 1.13. The Morgan fingerprint density at radius 1 is 0.978 bits per heavy atom. The Bertz CT molecular complexity index is 1950. The fourth-order valence-corrected chi connectivity index (χ4v) is 6.98. The monoisotopic (exact) mass is 618 g/mol. The van der Waals surface area contributed by atoms with Gasteiger partial charge in [0.05, 0.1) is 17.8 Å². The number of hydrogen-bond acceptors (Lipinski definition) is 6. The molecule has 2 fully saturated rings. The Morgan fingerprint density at radius 2 is 1.80 bits per heavy atom. The zero-order chi connectivity index (χ0) is 31.8. The zero-order valence-electron chi connectivity index (χ0n) is 26.2. The SMILES string of the molecule is CCOC(=O)c1cc2cc(NC(=O)C3(NC(=O)c4ccc5c(C6CCCCC6)n(-c6ccccn6)nc5c4)CCC3)ccc2n1C. The number of esters is 1. The number of amides is 2. The standard InChI is InChI=1S/C36H38N6O4/c1-3-46-34(44)30-22-25-20-26(14-16-29(25)41(30)2)38-35(45)36(17-9-18-36)39-33(43)24-13-15-27-28(21-24)40-42(31-12-7-8-19-37-31)32(27)23-10-5-4-6-11-23/h7-8,12-16,19-23H,3-6,9-11,17-18H2,1-2H3,(H,38,45)(H,39,43). The number of aromatic nitrogens is 4. The van der Waals surface area contributed by atoms with Crippen molar-refractivity contribution in [2.24, 2.45) is 7.05 Å². The van der Waals surface area contributed by atoms with Crippen molar-refractivity contribution in [3.05, 3.63) is 83.8 Å². The Morgan fingerprint density at radius 3 is 2.52 bits per heavy atom. The van der Waals surface area contributed by atoms with Crippen molar-refractivity contribution in [2.45, 2.75) is 69.7 Å². The van der Waals surface area contributed by atoms with Crippen LogP contribution in [0, 0.1) is 0 Å². The number of nitrogens with one attached hydrogen (secondary N) is 2. The number of benzene rings is 2. The van der Waals surface area contributed by atoms with Gasteiger partial charge in [0, 0.05) is 46.7 Å². The van der Waals surface area contributed by atoms with Crippen LogP contribution in [0.5, 0.6) is 0 Å². The van der Waals surface area contributed by atoms with Gasteiger partial charge in [-0.05, 0) is 87.6 Å². The van der Waals surface area contributed by atoms with Crippen LogP contribution in [-0.2, 0) is 16.6 Å². The molecule has 2 aromatic carbocycles. The van der Waals surface area contributed by atoms with E-state index in [-0.39, 0.29) is 11.8 Å². The molecule has 2 amide bonds. The molecule has 236 valence electrons. The average molecular weight is 619 g/mol. The number of hydrogen-bond donors (Lipinski definition) is 2. The molecule has 2 aliphatic rings. The first-order valence-corrected chi connectivity index (χ1v) is 16.2. The van der Waals surface area contributed by atoms with Crippen molar-refractivity contribution < 1.29 is 19.1 Å². The molecule has 5 aromatic rings. The summed E-state index contributed by atoms with van der Waals surface area (Å²) in [4.78, 5) is 44.2. The van der Waals surface area contributed by atoms with E-state index in [0.29, 0.717) is 42.3 Å². The summed E-state index contributed by atoms with van der Waals surface area (Å²) in [5, 5.41) is 12.9. The van der Waals surface area contributed by atoms with Crippen LogP contribution in [0.2, 0.25) is 0 Å². The molecule has 3 aromatic heterocycles. The van der Waals surface area contributed by atoms with Crippen molar-refractivity contribution in [1.29, 1.82) is 0 Å². The number of rotatable bonds is 8. The first kappa shape index (κ1) is 29.7. The van der Waals surface area contributed by atoms with E-state index in [1.165, 1.54) is 19.3 Å². The molecule has 0 unspecified atom stereocenters. The van der Waals surface area contributed by atoms with Crippen LogP contribution in [0.1, 0.15) is 90.7 Å². The third-order valence-electron chi connectivity index (χ3n) is 9.61. The number of nitrogens with zero attached hydrogens (tertiary/aromatic N) is 4. The van der Waals surface area contributed by atoms with E-state index in [1.807, 2.05) is 60.3 Å². The maximum Gasteiger partial charge on any atom is 0.354 e. The van der Waals surface area contributed by atoms with Gasteiger partial charge in [0.25, 0.3) is 5.91 Å². The van der Waals surface area contributed by atoms with Gasteiger partial charge in [-0.2, -0.15) is 5.10 Å². The highest BCUT2D eigenvalue weighted by molar-refractivity contribution is 6.06. The molecule has 2 N–H and O–H groups in total. The van der Waals surface area contributed by atoms with Crippen LogP contribution in [0.4, 0.5) is 5.69 Å². The second-order valence-corrected chi connectivity index (χ2v) is 12.5. The third-order valence-corrected chi connectivity index (χ3v) is 9.61. The number of ether oxygens (including phenoxy) is 1. The highest BCUT2D eigenvalue weighted by atomic mass is 16.5. The van der Waals surface area contributed by atoms with Crippen molar-refractivity contribution in [3.8, 4) is 5.82 Å². The maximum absolute atomic E-state index is 13.7. The molecule has 0 saturated heterocycles. The number of carbonyl (C=O) groups excluding carboxylic acids is 3. The zero-order valence-corrected chi connectivity index (χ0v) is 26.2. The van der Waals surface area contributed by atoms with Crippen LogP contribution in [0.25, 0.3) is 27.6 Å². The third kappa shape index (κ3) is 5.31. The second kappa shape index (κ2) is 12.1. The lowest BCUT2D eigenvalue weighted by molar-refractivity contribution is -0.125. The molecular formula is C36H38N6O4. The van der Waals surface area contributed by atoms with Gasteiger partial charge in [0.15, 0.2) is 5.82 Å². The normalized spacial score (nSPS) is 16.2. The fourth-order valence-electron chi connectivity index (χ4n) is 6.98. The Hall–Kier alpha value is -4.99. The molecule has 0 bridgehead atoms. The van der Waals surface area contributed by atoms with Crippen LogP contribution < -0.4 is 10.6 Å². The van der Waals surface area contributed by atoms with Gasteiger partial charge in [-0.25, -0.2) is 14.5 Å². The summed E-state index contributed by atoms with van der Waals surface area (Å²) in [7, 11) is 1.81. The minimum atomic E-state index is -1.01. The lowest BCUT2D eigenvalue weighted by Gasteiger charge is -2.40. The lowest BCUT2D eigenvalue weighted by Crippen LogP contribution is -2.61. The summed E-state index contributed by atoms with van der Waals surface area (Å²) in [6, 6.07) is 18.7. The van der Waals surface area contributed by atoms with Crippen molar-refractivity contribution in [3.63, 3.8) is 0 Å². The van der Waals surface area contributed by atoms with Crippen LogP contribution in [-0.4, -0.2) is 49.3 Å². The van der Waals surface area contributed by atoms with E-state index in [2.05, 4.69) is 15.6 Å². The molecule has 10 heteroatoms. The number of fused-ring (bicyclic) bond motifs is 2. The van der Waals surface area contributed by atoms with Crippen LogP contribution in [0.3, 0.4) is 0 Å². The minimum absolute atomic E-state index is 0.256. The molecule has 10 nitrogen and oxygen atoms in total. The molecule has 3 heterocycles. The van der Waals surface area contributed by atoms with E-state index in [9.17, 15) is 14.4 Å². The maximum atomic E-state index is 13.7. The predicted octanol–water partition coefficient (Wildman–Crippen LogP) is 6.43. The van der Waals surface area contributed by atoms with Gasteiger partial charge in [-0.3, -0.25) is 9.59 Å². The average Bonchev–Trinajstić information content (AvgIpc) is 3.60. The molecule has 0 spiro atoms. The van der Waals surface area contributed by atoms with Crippen molar-refractivity contribution >= 4 is 45.3 Å². The van der Waals surface area contributed by atoms with Crippen molar-refractivity contribution in [1.82, 2.24) is 24.6 Å². The molecule has 2 saturated carbocycles. The molecule has 0 atom stereocenters. The predicted molar refractivity (Wildman–Crippen MR) is 176 cm³/mol. The van der Waals surface area contributed by atoms with Gasteiger partial charge in [-0.1, -0.05) is 31.4 Å². The molecule has 46 heavy (non-hydrogen) atoms. The Kier molecular flexibility index (Phi) is 7.80. The van der Waals surface area contributed by atoms with Crippen molar-refractivity contribution in [2.75, 3.05) is 11.9 Å². The van der Waals surface area contributed by atoms with E-state index in [1.54, 1.807) is 29.8 Å². The molecular weight excluding hydrogens is 580 g/mol. The summed E-state index contributed by atoms with van der Waals surface area (Å²) >= 11 is 0. The largest absolute Gasteiger partial charge is 0.461 e. The van der Waals surface area contributed by atoms with E-state index in [0.717, 1.165) is 52.6 Å². The first-order chi connectivity index (χ1) is 22.4. The van der Waals surface area contributed by atoms with E-state index < -0.39 is 11.5 Å². The molecule has 0 radical (unpaired) electrons. The van der Waals surface area contributed by atoms with Gasteiger partial charge >= 0.3 is 5.97 Å². The van der Waals surface area contributed by atoms with Gasteiger partial charge in [-0.15, -0.1) is 0 Å². The Labute approximate surface area is 267 Å². The summed E-state index contributed by atoms with van der Waals surface area (Å²) in [6.07, 6.45) is 9.56. The van der Waals surface area contributed by atoms with Crippen LogP contribution in [0.15, 0.2) is 66.9 Å². The lowest BCUT2D eigenvalue weighted by atomic mass is 9.75. The molecule has 2 aliphatic carbocycles. The van der Waals surface area contributed by atoms with Gasteiger partial charge in [0.2, 0.25) is 5.91 Å². The van der Waals surface area contributed by atoms with Crippen LogP contribution >= 0.6 is 0 Å². The summed E-state index contributed by atoms with van der Waals surface area (Å²) in [6.45, 7) is 2.06.